The lowest BCUT2D eigenvalue weighted by Gasteiger charge is -2.51. The van der Waals surface area contributed by atoms with Crippen LogP contribution in [0.5, 0.6) is 0 Å². The van der Waals surface area contributed by atoms with Gasteiger partial charge in [0.1, 0.15) is 104 Å². The molecule has 10 rings (SSSR count). The lowest BCUT2D eigenvalue weighted by Crippen LogP contribution is -2.69. The van der Waals surface area contributed by atoms with Gasteiger partial charge in [-0.3, -0.25) is 9.59 Å². The van der Waals surface area contributed by atoms with E-state index in [1.54, 1.807) is 0 Å². The van der Waals surface area contributed by atoms with Gasteiger partial charge in [-0.1, -0.05) is 355 Å². The van der Waals surface area contributed by atoms with Crippen LogP contribution >= 0.6 is 0 Å². The standard InChI is InChI=1S/C70H87N3O11.C28H53NO11/c1-2-3-4-5-6-7-8-9-10-11-12-13-32-45-60(74)83-66-62(75)65(79-49-56-39-26-17-27-40-56)67(80-50-57-41-28-18-29-42-57)68(81-51-58-43-30-19-31-44-58)69(66)84-70-61(72-73-71)64(78-48-55-37-24-16-25-38-55)63(77-47-54-35-22-15-23-36-54)59(82-70)52-76-46-53-33-20-14-21-34-53;1-2-3-4-5-6-7-8-9-10-11-12-13-14-15-18(31)39-26-24(36)22(34)23(35)25(37)27(26)40-28-19(29)21(33)20(32)17(16-30)38-28/h14-31,33-44,59,61-70,75H,2-13,32,45-52H2,1H3;17,19-28,30,32-37H,2-16,29H2,1H3/t59?,61?,62-,63-,64-,65?,66?,67?,68+,69-,70-;17?,19?,20-,21-,22?,23?,24-,25+,26?,27+,28-/m11/s1. The maximum absolute atomic E-state index is 14.5. The van der Waals surface area contributed by atoms with E-state index in [1.165, 1.54) is 116 Å². The van der Waals surface area contributed by atoms with E-state index in [1.807, 2.05) is 182 Å². The molecule has 2 heterocycles. The molecule has 2 aliphatic carbocycles. The van der Waals surface area contributed by atoms with E-state index in [4.69, 9.17) is 62.6 Å². The minimum absolute atomic E-state index is 0.0133. The van der Waals surface area contributed by atoms with Crippen molar-refractivity contribution in [2.75, 3.05) is 13.2 Å². The van der Waals surface area contributed by atoms with Crippen molar-refractivity contribution in [3.8, 4) is 0 Å². The molecule has 4 aliphatic rings. The third-order valence-electron chi connectivity index (χ3n) is 23.6. The number of carbonyl (C=O) groups excluding carboxylic acids is 2. The van der Waals surface area contributed by atoms with E-state index >= 15 is 0 Å². The van der Waals surface area contributed by atoms with E-state index in [0.717, 1.165) is 71.9 Å². The van der Waals surface area contributed by atoms with Crippen LogP contribution in [0.2, 0.25) is 0 Å². The average Bonchev–Trinajstić information content (AvgIpc) is 0.787. The third kappa shape index (κ3) is 33.5. The molecule has 22 atom stereocenters. The number of benzene rings is 6. The SMILES string of the molecule is CCCCCCCCCCCCCCCC(=O)OC1[C@H](O)C(O)C(O)[C@H](O)[C@@H]1O[C@H]1OC(CO)[C@@H](O)[C@H](O)C1N.CCCCCCCCCCCCCCCC(=O)OC1[C@H](O)C(OCc2ccccc2)C(OCc2ccccc2)[C@H](OCc2ccccc2)[C@@H]1O[C@H]1OC(COCc2ccccc2)[C@@H](OCc2ccccc2)[C@H](OCc2ccccc2)C1N=[N+]=[N-]. The molecule has 0 aromatic heterocycles. The molecule has 2 saturated heterocycles. The molecular formula is C98H140N4O22. The van der Waals surface area contributed by atoms with Crippen LogP contribution in [0.4, 0.5) is 0 Å². The fraction of sp³-hybridized carbons (Fsp3) is 0.612. The number of aliphatic hydroxyl groups excluding tert-OH is 8. The highest BCUT2D eigenvalue weighted by molar-refractivity contribution is 5.70. The van der Waals surface area contributed by atoms with E-state index < -0.39 is 153 Å². The number of nitrogens with two attached hydrogens (primary N) is 1. The number of aliphatic hydroxyl groups is 8. The van der Waals surface area contributed by atoms with Crippen molar-refractivity contribution in [2.45, 2.75) is 368 Å². The highest BCUT2D eigenvalue weighted by atomic mass is 16.7. The average molecular weight is 1730 g/mol. The number of rotatable bonds is 55. The van der Waals surface area contributed by atoms with Gasteiger partial charge in [0.25, 0.3) is 0 Å². The van der Waals surface area contributed by atoms with Crippen LogP contribution < -0.4 is 5.73 Å². The molecular weight excluding hydrogens is 1590 g/mol. The Labute approximate surface area is 733 Å². The molecule has 4 fully saturated rings. The van der Waals surface area contributed by atoms with Gasteiger partial charge in [0.15, 0.2) is 24.8 Å². The molecule has 26 nitrogen and oxygen atoms in total. The lowest BCUT2D eigenvalue weighted by atomic mass is 9.83. The predicted octanol–water partition coefficient (Wildman–Crippen LogP) is 14.7. The maximum Gasteiger partial charge on any atom is 0.306 e. The predicted molar refractivity (Wildman–Crippen MR) is 469 cm³/mol. The van der Waals surface area contributed by atoms with Crippen LogP contribution in [0.3, 0.4) is 0 Å². The monoisotopic (exact) mass is 1720 g/mol. The smallest absolute Gasteiger partial charge is 0.306 e. The molecule has 0 amide bonds. The summed E-state index contributed by atoms with van der Waals surface area (Å²) in [7, 11) is 0. The Kier molecular flexibility index (Phi) is 46.7. The first-order valence-electron chi connectivity index (χ1n) is 45.7. The number of ether oxygens (including phenoxy) is 12. The number of azide groups is 1. The second-order valence-corrected chi connectivity index (χ2v) is 33.4. The Morgan fingerprint density at radius 1 is 0.347 bits per heavy atom. The van der Waals surface area contributed by atoms with Crippen LogP contribution in [-0.4, -0.2) is 201 Å². The number of nitrogens with zero attached hydrogens (tertiary/aromatic N) is 3. The molecule has 6 aromatic rings. The summed E-state index contributed by atoms with van der Waals surface area (Å²) in [6.07, 6.45) is 2.37. The van der Waals surface area contributed by atoms with Crippen LogP contribution in [0, 0.1) is 0 Å². The first-order chi connectivity index (χ1) is 60.6. The van der Waals surface area contributed by atoms with Gasteiger partial charge in [-0.15, -0.1) is 0 Å². The summed E-state index contributed by atoms with van der Waals surface area (Å²) >= 11 is 0. The van der Waals surface area contributed by atoms with Gasteiger partial charge < -0.3 is 103 Å². The van der Waals surface area contributed by atoms with Gasteiger partial charge in [-0.05, 0) is 51.8 Å². The minimum atomic E-state index is -1.83. The maximum atomic E-state index is 14.5. The van der Waals surface area contributed by atoms with Crippen molar-refractivity contribution in [1.82, 2.24) is 0 Å². The van der Waals surface area contributed by atoms with Crippen LogP contribution in [0.1, 0.15) is 227 Å². The second-order valence-electron chi connectivity index (χ2n) is 33.4. The van der Waals surface area contributed by atoms with Crippen LogP contribution in [0.15, 0.2) is 187 Å². The summed E-state index contributed by atoms with van der Waals surface area (Å²) < 4.78 is 78.3. The Balaban J connectivity index is 0.000000365. The van der Waals surface area contributed by atoms with Crippen molar-refractivity contribution >= 4 is 11.9 Å². The number of hydrogen-bond acceptors (Lipinski definition) is 24. The van der Waals surface area contributed by atoms with E-state index in [9.17, 15) is 56.0 Å². The molecule has 10 N–H and O–H groups in total. The zero-order valence-corrected chi connectivity index (χ0v) is 72.7. The lowest BCUT2D eigenvalue weighted by molar-refractivity contribution is -0.336. The highest BCUT2D eigenvalue weighted by Gasteiger charge is 2.59. The summed E-state index contributed by atoms with van der Waals surface area (Å²) in [5, 5.41) is 88.5. The molecule has 684 valence electrons. The van der Waals surface area contributed by atoms with Crippen molar-refractivity contribution in [1.29, 1.82) is 0 Å². The van der Waals surface area contributed by atoms with Gasteiger partial charge in [0.05, 0.1) is 58.9 Å². The normalized spacial score (nSPS) is 27.4. The minimum Gasteiger partial charge on any atom is -0.457 e. The molecule has 2 aliphatic heterocycles. The largest absolute Gasteiger partial charge is 0.457 e. The van der Waals surface area contributed by atoms with Gasteiger partial charge in [0, 0.05) is 17.8 Å². The number of unbranched alkanes of at least 4 members (excludes halogenated alkanes) is 24. The number of esters is 2. The Bertz CT molecular complexity index is 3830. The second kappa shape index (κ2) is 57.6. The molecule has 0 bridgehead atoms. The zero-order chi connectivity index (χ0) is 87.9. The molecule has 124 heavy (non-hydrogen) atoms. The van der Waals surface area contributed by atoms with Gasteiger partial charge in [-0.2, -0.15) is 0 Å². The van der Waals surface area contributed by atoms with Crippen molar-refractivity contribution < 1.29 is 107 Å². The quantitative estimate of drug-likeness (QED) is 0.00563. The Morgan fingerprint density at radius 3 is 1.04 bits per heavy atom. The van der Waals surface area contributed by atoms with Gasteiger partial charge >= 0.3 is 11.9 Å². The summed E-state index contributed by atoms with van der Waals surface area (Å²) in [6, 6.07) is 55.9. The molecule has 10 unspecified atom stereocenters. The Hall–Kier alpha value is -7.19. The topological polar surface area (TPSA) is 382 Å². The van der Waals surface area contributed by atoms with Crippen molar-refractivity contribution in [3.05, 3.63) is 226 Å². The number of hydrogen-bond donors (Lipinski definition) is 9. The van der Waals surface area contributed by atoms with E-state index in [2.05, 4.69) is 23.9 Å². The van der Waals surface area contributed by atoms with Crippen LogP contribution in [-0.2, 0) is 106 Å². The fourth-order valence-electron chi connectivity index (χ4n) is 16.4. The van der Waals surface area contributed by atoms with Gasteiger partial charge in [0.2, 0.25) is 0 Å². The molecule has 2 saturated carbocycles. The Morgan fingerprint density at radius 2 is 0.661 bits per heavy atom. The summed E-state index contributed by atoms with van der Waals surface area (Å²) in [5.74, 6) is -1.18. The molecule has 0 spiro atoms. The molecule has 26 heteroatoms. The first kappa shape index (κ1) is 101. The zero-order valence-electron chi connectivity index (χ0n) is 72.7. The van der Waals surface area contributed by atoms with Crippen molar-refractivity contribution in [3.63, 3.8) is 0 Å². The fourth-order valence-corrected chi connectivity index (χ4v) is 16.4. The first-order valence-corrected chi connectivity index (χ1v) is 45.7. The highest BCUT2D eigenvalue weighted by Crippen LogP contribution is 2.40. The third-order valence-corrected chi connectivity index (χ3v) is 23.6. The molecule has 6 aromatic carbocycles. The van der Waals surface area contributed by atoms with E-state index in [0.29, 0.717) is 12.8 Å². The van der Waals surface area contributed by atoms with Gasteiger partial charge in [-0.25, -0.2) is 0 Å². The van der Waals surface area contributed by atoms with Crippen LogP contribution in [0.25, 0.3) is 10.4 Å². The van der Waals surface area contributed by atoms with Crippen molar-refractivity contribution in [2.24, 2.45) is 10.8 Å². The summed E-state index contributed by atoms with van der Waals surface area (Å²) in [5.41, 5.74) is 21.7. The summed E-state index contributed by atoms with van der Waals surface area (Å²) in [6.45, 7) is 4.68. The summed E-state index contributed by atoms with van der Waals surface area (Å²) in [4.78, 5) is 30.4. The van der Waals surface area contributed by atoms with E-state index in [-0.39, 0.29) is 59.1 Å². The molecule has 0 radical (unpaired) electrons. The number of carbonyl (C=O) groups is 2.